The van der Waals surface area contributed by atoms with Crippen LogP contribution in [-0.4, -0.2) is 24.5 Å². The molecule has 2 N–H and O–H groups in total. The summed E-state index contributed by atoms with van der Waals surface area (Å²) in [6, 6.07) is 6.79. The van der Waals surface area contributed by atoms with Gasteiger partial charge in [0.25, 0.3) is 0 Å². The van der Waals surface area contributed by atoms with Crippen molar-refractivity contribution in [2.24, 2.45) is 17.6 Å². The molecule has 0 spiro atoms. The van der Waals surface area contributed by atoms with Crippen molar-refractivity contribution in [3.05, 3.63) is 32.7 Å². The van der Waals surface area contributed by atoms with Gasteiger partial charge in [-0.1, -0.05) is 19.9 Å². The van der Waals surface area contributed by atoms with Gasteiger partial charge in [0.15, 0.2) is 0 Å². The molecule has 1 aliphatic heterocycles. The SMILES string of the molecule is CC1CCN(C(CN)c2ccc(Br)c(Br)c2)CC1C. The quantitative estimate of drug-likeness (QED) is 0.839. The van der Waals surface area contributed by atoms with Crippen molar-refractivity contribution in [2.45, 2.75) is 26.3 Å². The lowest BCUT2D eigenvalue weighted by atomic mass is 9.87. The highest BCUT2D eigenvalue weighted by molar-refractivity contribution is 9.13. The summed E-state index contributed by atoms with van der Waals surface area (Å²) in [7, 11) is 0. The molecule has 3 unspecified atom stereocenters. The average Bonchev–Trinajstić information content (AvgIpc) is 2.39. The van der Waals surface area contributed by atoms with Gasteiger partial charge < -0.3 is 5.73 Å². The molecule has 1 aromatic rings. The lowest BCUT2D eigenvalue weighted by Crippen LogP contribution is -2.43. The van der Waals surface area contributed by atoms with E-state index in [-0.39, 0.29) is 0 Å². The van der Waals surface area contributed by atoms with E-state index in [0.29, 0.717) is 12.6 Å². The Morgan fingerprint density at radius 2 is 2.00 bits per heavy atom. The van der Waals surface area contributed by atoms with Crippen LogP contribution in [0.5, 0.6) is 0 Å². The van der Waals surface area contributed by atoms with Crippen molar-refractivity contribution in [1.82, 2.24) is 4.90 Å². The van der Waals surface area contributed by atoms with Gasteiger partial charge >= 0.3 is 0 Å². The molecule has 1 aromatic carbocycles. The molecular weight excluding hydrogens is 368 g/mol. The normalized spacial score (nSPS) is 26.4. The van der Waals surface area contributed by atoms with E-state index >= 15 is 0 Å². The average molecular weight is 390 g/mol. The first-order chi connectivity index (χ1) is 9.02. The minimum absolute atomic E-state index is 0.333. The van der Waals surface area contributed by atoms with E-state index in [4.69, 9.17) is 5.73 Å². The second kappa shape index (κ2) is 6.70. The van der Waals surface area contributed by atoms with Crippen molar-refractivity contribution < 1.29 is 0 Å². The predicted octanol–water partition coefficient (Wildman–Crippen LogP) is 4.19. The Bertz CT molecular complexity index is 436. The summed E-state index contributed by atoms with van der Waals surface area (Å²) in [5.74, 6) is 1.58. The first kappa shape index (κ1) is 15.5. The molecule has 1 fully saturated rings. The first-order valence-electron chi connectivity index (χ1n) is 6.92. The van der Waals surface area contributed by atoms with Crippen LogP contribution in [0.3, 0.4) is 0 Å². The van der Waals surface area contributed by atoms with Crippen molar-refractivity contribution in [3.8, 4) is 0 Å². The number of nitrogens with zero attached hydrogens (tertiary/aromatic N) is 1. The Kier molecular flexibility index (Phi) is 5.46. The van der Waals surface area contributed by atoms with E-state index in [1.807, 2.05) is 0 Å². The van der Waals surface area contributed by atoms with Crippen LogP contribution in [0.15, 0.2) is 27.1 Å². The minimum atomic E-state index is 0.333. The summed E-state index contributed by atoms with van der Waals surface area (Å²) in [6.45, 7) is 7.69. The van der Waals surface area contributed by atoms with Crippen molar-refractivity contribution in [2.75, 3.05) is 19.6 Å². The van der Waals surface area contributed by atoms with Crippen LogP contribution in [0.1, 0.15) is 31.9 Å². The van der Waals surface area contributed by atoms with Crippen LogP contribution in [0.2, 0.25) is 0 Å². The number of hydrogen-bond acceptors (Lipinski definition) is 2. The summed E-state index contributed by atoms with van der Waals surface area (Å²) in [5.41, 5.74) is 7.34. The molecule has 0 aromatic heterocycles. The highest BCUT2D eigenvalue weighted by Gasteiger charge is 2.28. The van der Waals surface area contributed by atoms with Gasteiger partial charge in [0.2, 0.25) is 0 Å². The predicted molar refractivity (Wildman–Crippen MR) is 88.2 cm³/mol. The number of nitrogens with two attached hydrogens (primary N) is 1. The molecule has 3 atom stereocenters. The zero-order valence-corrected chi connectivity index (χ0v) is 14.7. The molecule has 0 amide bonds. The third-order valence-electron chi connectivity index (χ3n) is 4.36. The largest absolute Gasteiger partial charge is 0.329 e. The Hall–Kier alpha value is 0.1000. The molecule has 1 aliphatic rings. The number of benzene rings is 1. The van der Waals surface area contributed by atoms with Crippen LogP contribution >= 0.6 is 31.9 Å². The fourth-order valence-electron chi connectivity index (χ4n) is 2.79. The molecule has 0 aliphatic carbocycles. The van der Waals surface area contributed by atoms with Crippen LogP contribution in [0, 0.1) is 11.8 Å². The van der Waals surface area contributed by atoms with Gasteiger partial charge in [-0.05, 0) is 74.4 Å². The second-order valence-electron chi connectivity index (χ2n) is 5.66. The first-order valence-corrected chi connectivity index (χ1v) is 8.50. The highest BCUT2D eigenvalue weighted by atomic mass is 79.9. The fourth-order valence-corrected chi connectivity index (χ4v) is 3.44. The molecule has 1 saturated heterocycles. The summed E-state index contributed by atoms with van der Waals surface area (Å²) < 4.78 is 2.19. The smallest absolute Gasteiger partial charge is 0.0470 e. The third kappa shape index (κ3) is 3.60. The van der Waals surface area contributed by atoms with Gasteiger partial charge in [0.1, 0.15) is 0 Å². The summed E-state index contributed by atoms with van der Waals surface area (Å²) in [5, 5.41) is 0. The Labute approximate surface area is 133 Å². The van der Waals surface area contributed by atoms with Crippen LogP contribution in [-0.2, 0) is 0 Å². The molecule has 106 valence electrons. The van der Waals surface area contributed by atoms with Crippen LogP contribution < -0.4 is 5.73 Å². The maximum atomic E-state index is 6.04. The maximum absolute atomic E-state index is 6.04. The van der Waals surface area contributed by atoms with Gasteiger partial charge in [-0.25, -0.2) is 0 Å². The molecule has 2 rings (SSSR count). The molecule has 0 saturated carbocycles. The van der Waals surface area contributed by atoms with E-state index < -0.39 is 0 Å². The molecule has 1 heterocycles. The van der Waals surface area contributed by atoms with Gasteiger partial charge in [-0.15, -0.1) is 0 Å². The number of rotatable bonds is 3. The van der Waals surface area contributed by atoms with Crippen molar-refractivity contribution >= 4 is 31.9 Å². The van der Waals surface area contributed by atoms with Gasteiger partial charge in [-0.3, -0.25) is 4.90 Å². The molecule has 0 bridgehead atoms. The number of piperidine rings is 1. The fraction of sp³-hybridized carbons (Fsp3) is 0.600. The van der Waals surface area contributed by atoms with Gasteiger partial charge in [0.05, 0.1) is 0 Å². The number of likely N-dealkylation sites (tertiary alicyclic amines) is 1. The minimum Gasteiger partial charge on any atom is -0.329 e. The molecule has 19 heavy (non-hydrogen) atoms. The van der Waals surface area contributed by atoms with Gasteiger partial charge in [-0.2, -0.15) is 0 Å². The van der Waals surface area contributed by atoms with Crippen LogP contribution in [0.4, 0.5) is 0 Å². The van der Waals surface area contributed by atoms with Crippen molar-refractivity contribution in [1.29, 1.82) is 0 Å². The topological polar surface area (TPSA) is 29.3 Å². The second-order valence-corrected chi connectivity index (χ2v) is 7.37. The Morgan fingerprint density at radius 3 is 2.58 bits per heavy atom. The monoisotopic (exact) mass is 388 g/mol. The zero-order valence-electron chi connectivity index (χ0n) is 11.6. The number of halogens is 2. The molecular formula is C15H22Br2N2. The molecule has 2 nitrogen and oxygen atoms in total. The van der Waals surface area contributed by atoms with E-state index in [2.05, 4.69) is 68.8 Å². The van der Waals surface area contributed by atoms with Crippen LogP contribution in [0.25, 0.3) is 0 Å². The summed E-state index contributed by atoms with van der Waals surface area (Å²) in [4.78, 5) is 2.54. The molecule has 0 radical (unpaired) electrons. The van der Waals surface area contributed by atoms with E-state index in [0.717, 1.165) is 33.9 Å². The Balaban J connectivity index is 2.17. The third-order valence-corrected chi connectivity index (χ3v) is 6.24. The highest BCUT2D eigenvalue weighted by Crippen LogP contribution is 2.32. The lowest BCUT2D eigenvalue weighted by molar-refractivity contribution is 0.0983. The van der Waals surface area contributed by atoms with E-state index in [9.17, 15) is 0 Å². The summed E-state index contributed by atoms with van der Waals surface area (Å²) >= 11 is 7.10. The van der Waals surface area contributed by atoms with Crippen molar-refractivity contribution in [3.63, 3.8) is 0 Å². The maximum Gasteiger partial charge on any atom is 0.0470 e. The lowest BCUT2D eigenvalue weighted by Gasteiger charge is -2.40. The molecule has 4 heteroatoms. The van der Waals surface area contributed by atoms with Gasteiger partial charge in [0, 0.05) is 28.1 Å². The summed E-state index contributed by atoms with van der Waals surface area (Å²) in [6.07, 6.45) is 1.27. The Morgan fingerprint density at radius 1 is 1.26 bits per heavy atom. The van der Waals surface area contributed by atoms with E-state index in [1.54, 1.807) is 0 Å². The number of hydrogen-bond donors (Lipinski definition) is 1. The zero-order chi connectivity index (χ0) is 14.0. The standard InChI is InChI=1S/C15H22Br2N2/c1-10-5-6-19(9-11(10)2)15(8-18)12-3-4-13(16)14(17)7-12/h3-4,7,10-11,15H,5-6,8-9,18H2,1-2H3. The van der Waals surface area contributed by atoms with E-state index in [1.165, 1.54) is 12.0 Å².